The van der Waals surface area contributed by atoms with E-state index in [2.05, 4.69) is 27.4 Å². The fourth-order valence-corrected chi connectivity index (χ4v) is 3.00. The largest absolute Gasteiger partial charge is 0.366 e. The summed E-state index contributed by atoms with van der Waals surface area (Å²) in [5.74, 6) is 0.368. The van der Waals surface area contributed by atoms with Crippen molar-refractivity contribution in [3.63, 3.8) is 0 Å². The number of amides is 1. The molecular formula is C17H28IN5O. The molecule has 0 spiro atoms. The number of aliphatic imine (C=N–C) groups is 1. The molecule has 0 aromatic heterocycles. The summed E-state index contributed by atoms with van der Waals surface area (Å²) in [6.45, 7) is 5.99. The quantitative estimate of drug-likeness (QED) is 0.353. The first-order valence-corrected chi connectivity index (χ1v) is 8.21. The minimum Gasteiger partial charge on any atom is -0.366 e. The van der Waals surface area contributed by atoms with Gasteiger partial charge in [0, 0.05) is 31.7 Å². The first kappa shape index (κ1) is 20.7. The van der Waals surface area contributed by atoms with Crippen LogP contribution in [0.5, 0.6) is 0 Å². The molecule has 0 saturated carbocycles. The Morgan fingerprint density at radius 2 is 2.21 bits per heavy atom. The van der Waals surface area contributed by atoms with Crippen molar-refractivity contribution in [3.8, 4) is 0 Å². The number of primary amides is 1. The average Bonchev–Trinajstić information content (AvgIpc) is 3.02. The lowest BCUT2D eigenvalue weighted by atomic mass is 10.1. The molecule has 1 aliphatic heterocycles. The van der Waals surface area contributed by atoms with Gasteiger partial charge in [-0.2, -0.15) is 0 Å². The van der Waals surface area contributed by atoms with E-state index >= 15 is 0 Å². The second-order valence-electron chi connectivity index (χ2n) is 5.80. The third kappa shape index (κ3) is 5.94. The lowest BCUT2D eigenvalue weighted by molar-refractivity contribution is 0.1000. The van der Waals surface area contributed by atoms with E-state index in [1.807, 2.05) is 12.1 Å². The van der Waals surface area contributed by atoms with Crippen molar-refractivity contribution >= 4 is 35.8 Å². The number of likely N-dealkylation sites (tertiary alicyclic amines) is 1. The van der Waals surface area contributed by atoms with Gasteiger partial charge < -0.3 is 16.4 Å². The monoisotopic (exact) mass is 445 g/mol. The second-order valence-corrected chi connectivity index (χ2v) is 5.80. The van der Waals surface area contributed by atoms with Gasteiger partial charge in [0.1, 0.15) is 0 Å². The number of carbonyl (C=O) groups is 1. The number of nitrogens with one attached hydrogen (secondary N) is 2. The summed E-state index contributed by atoms with van der Waals surface area (Å²) >= 11 is 0. The number of nitrogens with zero attached hydrogens (tertiary/aromatic N) is 2. The number of carbonyl (C=O) groups excluding carboxylic acids is 1. The summed E-state index contributed by atoms with van der Waals surface area (Å²) in [7, 11) is 1.77. The molecule has 1 aromatic rings. The predicted molar refractivity (Wildman–Crippen MR) is 109 cm³/mol. The van der Waals surface area contributed by atoms with Crippen molar-refractivity contribution < 1.29 is 4.79 Å². The fraction of sp³-hybridized carbons (Fsp3) is 0.529. The Morgan fingerprint density at radius 1 is 1.42 bits per heavy atom. The second kappa shape index (κ2) is 10.5. The van der Waals surface area contributed by atoms with Gasteiger partial charge in [-0.25, -0.2) is 0 Å². The van der Waals surface area contributed by atoms with Crippen molar-refractivity contribution in [3.05, 3.63) is 35.4 Å². The maximum atomic E-state index is 11.2. The molecule has 1 amide bonds. The molecule has 1 aliphatic rings. The molecule has 6 nitrogen and oxygen atoms in total. The van der Waals surface area contributed by atoms with E-state index in [-0.39, 0.29) is 24.0 Å². The van der Waals surface area contributed by atoms with Crippen LogP contribution in [0.1, 0.15) is 35.7 Å². The normalized spacial score (nSPS) is 18.1. The van der Waals surface area contributed by atoms with Crippen molar-refractivity contribution in [2.45, 2.75) is 32.4 Å². The predicted octanol–water partition coefficient (Wildman–Crippen LogP) is 1.55. The molecule has 1 unspecified atom stereocenters. The van der Waals surface area contributed by atoms with Gasteiger partial charge in [0.05, 0.1) is 0 Å². The van der Waals surface area contributed by atoms with Crippen LogP contribution in [0.25, 0.3) is 0 Å². The van der Waals surface area contributed by atoms with Crippen LogP contribution in [0.2, 0.25) is 0 Å². The third-order valence-corrected chi connectivity index (χ3v) is 4.31. The smallest absolute Gasteiger partial charge is 0.248 e. The Morgan fingerprint density at radius 3 is 2.88 bits per heavy atom. The molecule has 7 heteroatoms. The van der Waals surface area contributed by atoms with Crippen LogP contribution in [0.4, 0.5) is 0 Å². The summed E-state index contributed by atoms with van der Waals surface area (Å²) in [5.41, 5.74) is 6.83. The van der Waals surface area contributed by atoms with Crippen LogP contribution in [0.3, 0.4) is 0 Å². The Balaban J connectivity index is 0.00000288. The van der Waals surface area contributed by atoms with Crippen molar-refractivity contribution in [2.75, 3.05) is 26.7 Å². The summed E-state index contributed by atoms with van der Waals surface area (Å²) < 4.78 is 0. The molecular weight excluding hydrogens is 417 g/mol. The number of halogens is 1. The van der Waals surface area contributed by atoms with Crippen LogP contribution in [0, 0.1) is 0 Å². The topological polar surface area (TPSA) is 82.8 Å². The third-order valence-electron chi connectivity index (χ3n) is 4.31. The maximum absolute atomic E-state index is 11.2. The van der Waals surface area contributed by atoms with E-state index < -0.39 is 5.91 Å². The molecule has 134 valence electrons. The van der Waals surface area contributed by atoms with E-state index in [9.17, 15) is 4.79 Å². The number of rotatable bonds is 6. The number of nitrogens with two attached hydrogens (primary N) is 1. The molecule has 0 radical (unpaired) electrons. The Bertz CT molecular complexity index is 564. The summed E-state index contributed by atoms with van der Waals surface area (Å²) in [4.78, 5) is 18.0. The zero-order valence-corrected chi connectivity index (χ0v) is 16.7. The van der Waals surface area contributed by atoms with Crippen LogP contribution in [-0.2, 0) is 6.54 Å². The molecule has 0 aliphatic carbocycles. The van der Waals surface area contributed by atoms with Gasteiger partial charge >= 0.3 is 0 Å². The van der Waals surface area contributed by atoms with Crippen LogP contribution < -0.4 is 16.4 Å². The summed E-state index contributed by atoms with van der Waals surface area (Å²) in [5, 5.41) is 6.67. The first-order chi connectivity index (χ1) is 11.1. The molecule has 1 fully saturated rings. The highest BCUT2D eigenvalue weighted by molar-refractivity contribution is 14.0. The van der Waals surface area contributed by atoms with Gasteiger partial charge in [-0.3, -0.25) is 14.7 Å². The Labute approximate surface area is 161 Å². The molecule has 1 saturated heterocycles. The fourth-order valence-electron chi connectivity index (χ4n) is 3.00. The molecule has 1 heterocycles. The number of hydrogen-bond acceptors (Lipinski definition) is 3. The number of guanidine groups is 1. The van der Waals surface area contributed by atoms with E-state index in [4.69, 9.17) is 5.73 Å². The molecule has 2 rings (SSSR count). The molecule has 1 atom stereocenters. The van der Waals surface area contributed by atoms with E-state index in [0.29, 0.717) is 18.2 Å². The maximum Gasteiger partial charge on any atom is 0.248 e. The van der Waals surface area contributed by atoms with Crippen LogP contribution in [0.15, 0.2) is 29.3 Å². The van der Waals surface area contributed by atoms with E-state index in [1.165, 1.54) is 19.4 Å². The highest BCUT2D eigenvalue weighted by Gasteiger charge is 2.22. The summed E-state index contributed by atoms with van der Waals surface area (Å²) in [6, 6.07) is 7.90. The zero-order valence-electron chi connectivity index (χ0n) is 14.4. The number of hydrogen-bond donors (Lipinski definition) is 3. The van der Waals surface area contributed by atoms with Gasteiger partial charge in [-0.15, -0.1) is 24.0 Å². The van der Waals surface area contributed by atoms with Gasteiger partial charge in [0.15, 0.2) is 5.96 Å². The van der Waals surface area contributed by atoms with E-state index in [1.54, 1.807) is 19.2 Å². The molecule has 1 aromatic carbocycles. The Hall–Kier alpha value is -1.35. The van der Waals surface area contributed by atoms with Gasteiger partial charge in [0.25, 0.3) is 0 Å². The standard InChI is InChI=1S/C17H27N5O.HI/c1-3-22-9-5-8-15(22)12-21-17(19-2)20-11-13-6-4-7-14(10-13)16(18)23;/h4,6-7,10,15H,3,5,8-9,11-12H2,1-2H3,(H2,18,23)(H2,19,20,21);1H. The van der Waals surface area contributed by atoms with Crippen LogP contribution in [-0.4, -0.2) is 49.5 Å². The zero-order chi connectivity index (χ0) is 16.7. The van der Waals surface area contributed by atoms with Crippen molar-refractivity contribution in [2.24, 2.45) is 10.7 Å². The van der Waals surface area contributed by atoms with Crippen molar-refractivity contribution in [1.29, 1.82) is 0 Å². The highest BCUT2D eigenvalue weighted by Crippen LogP contribution is 2.15. The Kier molecular flexibility index (Phi) is 9.05. The SMILES string of the molecule is CCN1CCCC1CNC(=NC)NCc1cccc(C(N)=O)c1.I. The minimum absolute atomic E-state index is 0. The van der Waals surface area contributed by atoms with E-state index in [0.717, 1.165) is 24.6 Å². The summed E-state index contributed by atoms with van der Waals surface area (Å²) in [6.07, 6.45) is 2.50. The molecule has 4 N–H and O–H groups in total. The minimum atomic E-state index is -0.407. The van der Waals surface area contributed by atoms with Gasteiger partial charge in [-0.1, -0.05) is 19.1 Å². The highest BCUT2D eigenvalue weighted by atomic mass is 127. The lowest BCUT2D eigenvalue weighted by Gasteiger charge is -2.24. The number of likely N-dealkylation sites (N-methyl/N-ethyl adjacent to an activating group) is 1. The first-order valence-electron chi connectivity index (χ1n) is 8.21. The average molecular weight is 445 g/mol. The van der Waals surface area contributed by atoms with Gasteiger partial charge in [-0.05, 0) is 43.6 Å². The lowest BCUT2D eigenvalue weighted by Crippen LogP contribution is -2.44. The number of benzene rings is 1. The van der Waals surface area contributed by atoms with Crippen LogP contribution >= 0.6 is 24.0 Å². The molecule has 24 heavy (non-hydrogen) atoms. The van der Waals surface area contributed by atoms with Gasteiger partial charge in [0.2, 0.25) is 5.91 Å². The van der Waals surface area contributed by atoms with Crippen molar-refractivity contribution in [1.82, 2.24) is 15.5 Å². The molecule has 0 bridgehead atoms.